The number of hydrogen-bond donors (Lipinski definition) is 1. The minimum absolute atomic E-state index is 0.346. The Labute approximate surface area is 112 Å². The molecule has 0 radical (unpaired) electrons. The van der Waals surface area contributed by atoms with E-state index in [-0.39, 0.29) is 0 Å². The van der Waals surface area contributed by atoms with E-state index in [0.717, 1.165) is 12.2 Å². The van der Waals surface area contributed by atoms with Gasteiger partial charge in [-0.25, -0.2) is 9.78 Å². The average molecular weight is 266 g/mol. The lowest BCUT2D eigenvalue weighted by atomic mass is 10.2. The maximum Gasteiger partial charge on any atom is 0.356 e. The molecule has 5 heteroatoms. The number of hydrogen-bond acceptors (Lipinski definition) is 5. The summed E-state index contributed by atoms with van der Waals surface area (Å²) < 4.78 is 4.65. The van der Waals surface area contributed by atoms with Crippen LogP contribution in [0.1, 0.15) is 29.8 Å². The Morgan fingerprint density at radius 1 is 1.61 bits per heavy atom. The predicted octanol–water partition coefficient (Wildman–Crippen LogP) is 2.57. The van der Waals surface area contributed by atoms with E-state index in [1.807, 2.05) is 17.8 Å². The number of nitrogens with zero attached hydrogens (tertiary/aromatic N) is 1. The van der Waals surface area contributed by atoms with E-state index < -0.39 is 5.97 Å². The number of ether oxygens (including phenoxy) is 1. The van der Waals surface area contributed by atoms with Gasteiger partial charge < -0.3 is 10.1 Å². The summed E-state index contributed by atoms with van der Waals surface area (Å²) in [4.78, 5) is 15.3. The van der Waals surface area contributed by atoms with Gasteiger partial charge in [0.05, 0.1) is 7.11 Å². The third-order valence-electron chi connectivity index (χ3n) is 2.96. The highest BCUT2D eigenvalue weighted by atomic mass is 32.2. The number of nitrogens with one attached hydrogen (secondary N) is 1. The van der Waals surface area contributed by atoms with Crippen LogP contribution in [0.3, 0.4) is 0 Å². The number of pyridine rings is 1. The Morgan fingerprint density at radius 3 is 3.22 bits per heavy atom. The van der Waals surface area contributed by atoms with Crippen molar-refractivity contribution < 1.29 is 9.53 Å². The molecule has 0 spiro atoms. The Kier molecular flexibility index (Phi) is 4.87. The van der Waals surface area contributed by atoms with Crippen molar-refractivity contribution in [3.8, 4) is 0 Å². The largest absolute Gasteiger partial charge is 0.464 e. The zero-order valence-corrected chi connectivity index (χ0v) is 11.3. The van der Waals surface area contributed by atoms with E-state index in [0.29, 0.717) is 10.9 Å². The minimum Gasteiger partial charge on any atom is -0.464 e. The molecule has 1 unspecified atom stereocenters. The van der Waals surface area contributed by atoms with Crippen LogP contribution in [-0.2, 0) is 4.74 Å². The van der Waals surface area contributed by atoms with Crippen LogP contribution < -0.4 is 5.32 Å². The normalized spacial score (nSPS) is 19.3. The monoisotopic (exact) mass is 266 g/mol. The molecule has 0 aromatic carbocycles. The molecular formula is C13H18N2O2S. The van der Waals surface area contributed by atoms with Crippen LogP contribution in [0.25, 0.3) is 0 Å². The maximum atomic E-state index is 11.4. The molecule has 0 amide bonds. The topological polar surface area (TPSA) is 51.2 Å². The van der Waals surface area contributed by atoms with Crippen molar-refractivity contribution in [2.45, 2.75) is 24.5 Å². The summed E-state index contributed by atoms with van der Waals surface area (Å²) in [6, 6.07) is 3.61. The van der Waals surface area contributed by atoms with Crippen LogP contribution >= 0.6 is 11.8 Å². The summed E-state index contributed by atoms with van der Waals surface area (Å²) in [6.45, 7) is 0.940. The first-order valence-electron chi connectivity index (χ1n) is 6.19. The second kappa shape index (κ2) is 6.64. The molecule has 98 valence electrons. The van der Waals surface area contributed by atoms with Gasteiger partial charge in [0.1, 0.15) is 5.69 Å². The van der Waals surface area contributed by atoms with Crippen molar-refractivity contribution in [1.29, 1.82) is 0 Å². The first kappa shape index (κ1) is 13.2. The van der Waals surface area contributed by atoms with Crippen molar-refractivity contribution in [2.75, 3.05) is 24.7 Å². The quantitative estimate of drug-likeness (QED) is 0.849. The fourth-order valence-electron chi connectivity index (χ4n) is 1.96. The Bertz CT molecular complexity index is 406. The van der Waals surface area contributed by atoms with Crippen LogP contribution in [-0.4, -0.2) is 35.6 Å². The SMILES string of the molecule is COC(=O)c1cc(NCC2CCCCS2)ccn1. The van der Waals surface area contributed by atoms with E-state index in [9.17, 15) is 4.79 Å². The van der Waals surface area contributed by atoms with Gasteiger partial charge in [-0.3, -0.25) is 0 Å². The fourth-order valence-corrected chi connectivity index (χ4v) is 3.20. The standard InChI is InChI=1S/C13H18N2O2S/c1-17-13(16)12-8-10(5-6-14-12)15-9-11-4-2-3-7-18-11/h5-6,8,11H,2-4,7,9H2,1H3,(H,14,15). The molecule has 18 heavy (non-hydrogen) atoms. The molecule has 1 aromatic rings. The summed E-state index contributed by atoms with van der Waals surface area (Å²) in [6.07, 6.45) is 5.56. The van der Waals surface area contributed by atoms with Crippen molar-refractivity contribution in [3.05, 3.63) is 24.0 Å². The van der Waals surface area contributed by atoms with E-state index in [1.54, 1.807) is 12.3 Å². The van der Waals surface area contributed by atoms with Gasteiger partial charge in [0.2, 0.25) is 0 Å². The lowest BCUT2D eigenvalue weighted by molar-refractivity contribution is 0.0594. The Morgan fingerprint density at radius 2 is 2.50 bits per heavy atom. The van der Waals surface area contributed by atoms with Crippen molar-refractivity contribution in [1.82, 2.24) is 4.98 Å². The van der Waals surface area contributed by atoms with Crippen LogP contribution in [0.2, 0.25) is 0 Å². The molecule has 1 atom stereocenters. The van der Waals surface area contributed by atoms with Gasteiger partial charge in [-0.1, -0.05) is 6.42 Å². The lowest BCUT2D eigenvalue weighted by Gasteiger charge is -2.21. The van der Waals surface area contributed by atoms with Crippen LogP contribution in [0.15, 0.2) is 18.3 Å². The van der Waals surface area contributed by atoms with E-state index >= 15 is 0 Å². The number of anilines is 1. The second-order valence-corrected chi connectivity index (χ2v) is 5.70. The van der Waals surface area contributed by atoms with Gasteiger partial charge in [0, 0.05) is 23.7 Å². The van der Waals surface area contributed by atoms with Gasteiger partial charge >= 0.3 is 5.97 Å². The van der Waals surface area contributed by atoms with E-state index in [2.05, 4.69) is 15.0 Å². The minimum atomic E-state index is -0.398. The number of esters is 1. The molecule has 2 rings (SSSR count). The van der Waals surface area contributed by atoms with Gasteiger partial charge in [0.15, 0.2) is 0 Å². The Balaban J connectivity index is 1.90. The average Bonchev–Trinajstić information content (AvgIpc) is 2.45. The maximum absolute atomic E-state index is 11.4. The highest BCUT2D eigenvalue weighted by Crippen LogP contribution is 2.25. The number of rotatable bonds is 4. The van der Waals surface area contributed by atoms with Crippen LogP contribution in [0.5, 0.6) is 0 Å². The number of carbonyl (C=O) groups is 1. The number of aromatic nitrogens is 1. The molecule has 1 aliphatic rings. The first-order chi connectivity index (χ1) is 8.79. The predicted molar refractivity (Wildman–Crippen MR) is 74.2 cm³/mol. The molecule has 0 saturated carbocycles. The molecule has 1 aliphatic heterocycles. The fraction of sp³-hybridized carbons (Fsp3) is 0.538. The number of thioether (sulfide) groups is 1. The van der Waals surface area contributed by atoms with Crippen molar-refractivity contribution in [2.24, 2.45) is 0 Å². The molecule has 1 aromatic heterocycles. The second-order valence-electron chi connectivity index (χ2n) is 4.29. The summed E-state index contributed by atoms with van der Waals surface area (Å²) in [5.74, 6) is 0.863. The summed E-state index contributed by atoms with van der Waals surface area (Å²) in [5, 5.41) is 4.04. The molecule has 2 heterocycles. The smallest absolute Gasteiger partial charge is 0.356 e. The molecule has 4 nitrogen and oxygen atoms in total. The number of carbonyl (C=O) groups excluding carboxylic acids is 1. The summed E-state index contributed by atoms with van der Waals surface area (Å²) >= 11 is 2.03. The van der Waals surface area contributed by atoms with Gasteiger partial charge in [-0.15, -0.1) is 0 Å². The van der Waals surface area contributed by atoms with Crippen LogP contribution in [0, 0.1) is 0 Å². The summed E-state index contributed by atoms with van der Waals surface area (Å²) in [5.41, 5.74) is 1.27. The first-order valence-corrected chi connectivity index (χ1v) is 7.24. The van der Waals surface area contributed by atoms with E-state index in [4.69, 9.17) is 0 Å². The van der Waals surface area contributed by atoms with E-state index in [1.165, 1.54) is 32.1 Å². The molecule has 0 bridgehead atoms. The van der Waals surface area contributed by atoms with Gasteiger partial charge in [-0.05, 0) is 30.7 Å². The molecular weight excluding hydrogens is 248 g/mol. The third kappa shape index (κ3) is 3.63. The molecule has 1 N–H and O–H groups in total. The molecule has 1 saturated heterocycles. The highest BCUT2D eigenvalue weighted by molar-refractivity contribution is 7.99. The zero-order valence-electron chi connectivity index (χ0n) is 10.5. The van der Waals surface area contributed by atoms with Crippen LogP contribution in [0.4, 0.5) is 5.69 Å². The molecule has 0 aliphatic carbocycles. The molecule has 1 fully saturated rings. The summed E-state index contributed by atoms with van der Waals surface area (Å²) in [7, 11) is 1.36. The highest BCUT2D eigenvalue weighted by Gasteiger charge is 2.14. The van der Waals surface area contributed by atoms with Gasteiger partial charge in [-0.2, -0.15) is 11.8 Å². The Hall–Kier alpha value is -1.23. The zero-order chi connectivity index (χ0) is 12.8. The number of methoxy groups -OCH3 is 1. The van der Waals surface area contributed by atoms with Gasteiger partial charge in [0.25, 0.3) is 0 Å². The van der Waals surface area contributed by atoms with Crippen molar-refractivity contribution >= 4 is 23.4 Å². The lowest BCUT2D eigenvalue weighted by Crippen LogP contribution is -2.20. The van der Waals surface area contributed by atoms with Crippen molar-refractivity contribution in [3.63, 3.8) is 0 Å². The third-order valence-corrected chi connectivity index (χ3v) is 4.36.